The average molecular weight is 246 g/mol. The molecule has 0 fully saturated rings. The number of aromatic nitrogens is 2. The Balaban J connectivity index is 2.88. The molecule has 0 spiro atoms. The standard InChI is InChI=1S/C9H18N4O2S/c1-7-11-6-8(12-7)16(14,15)13-9(2,3)4-5-10/h6,13H,4-5,10H2,1-3H3,(H,11,12). The molecule has 1 aromatic rings. The number of nitrogens with one attached hydrogen (secondary N) is 2. The van der Waals surface area contributed by atoms with Gasteiger partial charge in [0.1, 0.15) is 5.82 Å². The van der Waals surface area contributed by atoms with Crippen LogP contribution < -0.4 is 10.5 Å². The lowest BCUT2D eigenvalue weighted by molar-refractivity contribution is 0.427. The molecular weight excluding hydrogens is 228 g/mol. The molecule has 0 atom stereocenters. The van der Waals surface area contributed by atoms with Gasteiger partial charge in [0.15, 0.2) is 5.03 Å². The summed E-state index contributed by atoms with van der Waals surface area (Å²) in [6.07, 6.45) is 1.87. The second-order valence-corrected chi connectivity index (χ2v) is 6.01. The lowest BCUT2D eigenvalue weighted by Gasteiger charge is -2.24. The van der Waals surface area contributed by atoms with Crippen molar-refractivity contribution in [2.45, 2.75) is 37.8 Å². The number of nitrogens with zero attached hydrogens (tertiary/aromatic N) is 1. The molecule has 1 aromatic heterocycles. The summed E-state index contributed by atoms with van der Waals surface area (Å²) in [4.78, 5) is 6.55. The smallest absolute Gasteiger partial charge is 0.258 e. The molecule has 6 nitrogen and oxygen atoms in total. The van der Waals surface area contributed by atoms with Gasteiger partial charge in [0.25, 0.3) is 10.0 Å². The van der Waals surface area contributed by atoms with Crippen LogP contribution in [0.5, 0.6) is 0 Å². The van der Waals surface area contributed by atoms with Crippen LogP contribution in [-0.2, 0) is 10.0 Å². The van der Waals surface area contributed by atoms with E-state index >= 15 is 0 Å². The predicted molar refractivity (Wildman–Crippen MR) is 61.4 cm³/mol. The summed E-state index contributed by atoms with van der Waals surface area (Å²) < 4.78 is 26.4. The van der Waals surface area contributed by atoms with E-state index in [-0.39, 0.29) is 5.03 Å². The second-order valence-electron chi connectivity index (χ2n) is 4.36. The van der Waals surface area contributed by atoms with Gasteiger partial charge in [-0.05, 0) is 33.7 Å². The molecule has 7 heteroatoms. The van der Waals surface area contributed by atoms with Crippen LogP contribution in [0.25, 0.3) is 0 Å². The van der Waals surface area contributed by atoms with Crippen LogP contribution in [0.2, 0.25) is 0 Å². The van der Waals surface area contributed by atoms with E-state index in [1.165, 1.54) is 6.20 Å². The van der Waals surface area contributed by atoms with Crippen molar-refractivity contribution in [1.29, 1.82) is 0 Å². The summed E-state index contributed by atoms with van der Waals surface area (Å²) in [7, 11) is -3.54. The maximum absolute atomic E-state index is 11.9. The van der Waals surface area contributed by atoms with E-state index in [4.69, 9.17) is 5.73 Å². The maximum atomic E-state index is 11.9. The molecule has 4 N–H and O–H groups in total. The van der Waals surface area contributed by atoms with Gasteiger partial charge in [-0.2, -0.15) is 0 Å². The molecule has 0 aromatic carbocycles. The number of imidazole rings is 1. The number of hydrogen-bond acceptors (Lipinski definition) is 4. The van der Waals surface area contributed by atoms with E-state index in [9.17, 15) is 8.42 Å². The maximum Gasteiger partial charge on any atom is 0.258 e. The minimum atomic E-state index is -3.54. The zero-order valence-electron chi connectivity index (χ0n) is 9.74. The summed E-state index contributed by atoms with van der Waals surface area (Å²) in [5.41, 5.74) is 4.86. The highest BCUT2D eigenvalue weighted by Gasteiger charge is 2.26. The largest absolute Gasteiger partial charge is 0.332 e. The van der Waals surface area contributed by atoms with Gasteiger partial charge < -0.3 is 10.7 Å². The van der Waals surface area contributed by atoms with E-state index < -0.39 is 15.6 Å². The Morgan fingerprint density at radius 2 is 2.19 bits per heavy atom. The highest BCUT2D eigenvalue weighted by Crippen LogP contribution is 2.13. The Bertz CT molecular complexity index is 450. The van der Waals surface area contributed by atoms with Crippen molar-refractivity contribution in [2.75, 3.05) is 6.54 Å². The molecule has 0 unspecified atom stereocenters. The monoisotopic (exact) mass is 246 g/mol. The normalized spacial score (nSPS) is 13.0. The first-order chi connectivity index (χ1) is 7.27. The van der Waals surface area contributed by atoms with Crippen LogP contribution in [0.15, 0.2) is 11.2 Å². The van der Waals surface area contributed by atoms with Gasteiger partial charge >= 0.3 is 0 Å². The van der Waals surface area contributed by atoms with Crippen LogP contribution in [0.1, 0.15) is 26.1 Å². The summed E-state index contributed by atoms with van der Waals surface area (Å²) in [5, 5.41) is 0.0788. The van der Waals surface area contributed by atoms with Crippen molar-refractivity contribution in [3.63, 3.8) is 0 Å². The highest BCUT2D eigenvalue weighted by atomic mass is 32.2. The summed E-state index contributed by atoms with van der Waals surface area (Å²) in [6, 6.07) is 0. The average Bonchev–Trinajstić information content (AvgIpc) is 2.49. The minimum absolute atomic E-state index is 0.0788. The number of rotatable bonds is 5. The third-order valence-corrected chi connectivity index (χ3v) is 3.76. The molecule has 0 aliphatic carbocycles. The van der Waals surface area contributed by atoms with Gasteiger partial charge in [0.2, 0.25) is 0 Å². The fourth-order valence-electron chi connectivity index (χ4n) is 1.37. The van der Waals surface area contributed by atoms with Gasteiger partial charge in [0.05, 0.1) is 6.20 Å². The van der Waals surface area contributed by atoms with Crippen molar-refractivity contribution in [3.8, 4) is 0 Å². The van der Waals surface area contributed by atoms with E-state index in [1.54, 1.807) is 20.8 Å². The zero-order chi connectivity index (χ0) is 12.4. The Labute approximate surface area is 95.7 Å². The Morgan fingerprint density at radius 1 is 1.56 bits per heavy atom. The molecule has 16 heavy (non-hydrogen) atoms. The fraction of sp³-hybridized carbons (Fsp3) is 0.667. The Hall–Kier alpha value is -0.920. The predicted octanol–water partition coefficient (Wildman–Crippen LogP) is 0.124. The number of sulfonamides is 1. The SMILES string of the molecule is Cc1ncc(S(=O)(=O)NC(C)(C)CCN)[nH]1. The van der Waals surface area contributed by atoms with Gasteiger partial charge in [-0.3, -0.25) is 0 Å². The second kappa shape index (κ2) is 4.52. The molecule has 0 amide bonds. The van der Waals surface area contributed by atoms with Crippen LogP contribution in [-0.4, -0.2) is 30.5 Å². The van der Waals surface area contributed by atoms with Gasteiger partial charge in [-0.15, -0.1) is 0 Å². The van der Waals surface area contributed by atoms with Crippen molar-refractivity contribution < 1.29 is 8.42 Å². The van der Waals surface area contributed by atoms with Crippen molar-refractivity contribution in [3.05, 3.63) is 12.0 Å². The van der Waals surface area contributed by atoms with Crippen LogP contribution in [0.4, 0.5) is 0 Å². The molecule has 0 saturated heterocycles. The number of aromatic amines is 1. The summed E-state index contributed by atoms with van der Waals surface area (Å²) in [5.74, 6) is 0.567. The molecule has 1 rings (SSSR count). The van der Waals surface area contributed by atoms with Gasteiger partial charge in [0, 0.05) is 5.54 Å². The van der Waals surface area contributed by atoms with Crippen LogP contribution >= 0.6 is 0 Å². The van der Waals surface area contributed by atoms with E-state index in [0.717, 1.165) is 0 Å². The van der Waals surface area contributed by atoms with Crippen molar-refractivity contribution in [2.24, 2.45) is 5.73 Å². The summed E-state index contributed by atoms with van der Waals surface area (Å²) in [6.45, 7) is 5.71. The number of hydrogen-bond donors (Lipinski definition) is 3. The molecule has 0 bridgehead atoms. The van der Waals surface area contributed by atoms with Crippen LogP contribution in [0.3, 0.4) is 0 Å². The van der Waals surface area contributed by atoms with Gasteiger partial charge in [-0.1, -0.05) is 0 Å². The van der Waals surface area contributed by atoms with E-state index in [2.05, 4.69) is 14.7 Å². The van der Waals surface area contributed by atoms with Crippen molar-refractivity contribution >= 4 is 10.0 Å². The van der Waals surface area contributed by atoms with E-state index in [0.29, 0.717) is 18.8 Å². The van der Waals surface area contributed by atoms with Crippen molar-refractivity contribution in [1.82, 2.24) is 14.7 Å². The first-order valence-electron chi connectivity index (χ1n) is 5.02. The number of H-pyrrole nitrogens is 1. The number of aryl methyl sites for hydroxylation is 1. The molecule has 0 aliphatic heterocycles. The molecular formula is C9H18N4O2S. The lowest BCUT2D eigenvalue weighted by atomic mass is 10.0. The molecule has 0 aliphatic rings. The third kappa shape index (κ3) is 3.29. The molecule has 0 saturated carbocycles. The highest BCUT2D eigenvalue weighted by molar-refractivity contribution is 7.89. The third-order valence-electron chi connectivity index (χ3n) is 2.15. The zero-order valence-corrected chi connectivity index (χ0v) is 10.6. The van der Waals surface area contributed by atoms with E-state index in [1.807, 2.05) is 0 Å². The lowest BCUT2D eigenvalue weighted by Crippen LogP contribution is -2.44. The molecule has 0 radical (unpaired) electrons. The first-order valence-corrected chi connectivity index (χ1v) is 6.51. The molecule has 92 valence electrons. The summed E-state index contributed by atoms with van der Waals surface area (Å²) >= 11 is 0. The first kappa shape index (κ1) is 13.1. The Morgan fingerprint density at radius 3 is 2.62 bits per heavy atom. The quantitative estimate of drug-likeness (QED) is 0.687. The Kier molecular flexibility index (Phi) is 3.72. The van der Waals surface area contributed by atoms with Gasteiger partial charge in [-0.25, -0.2) is 18.1 Å². The topological polar surface area (TPSA) is 101 Å². The van der Waals surface area contributed by atoms with Crippen LogP contribution in [0, 0.1) is 6.92 Å². The molecule has 1 heterocycles. The number of nitrogens with two attached hydrogens (primary N) is 1. The minimum Gasteiger partial charge on any atom is -0.332 e. The fourth-order valence-corrected chi connectivity index (χ4v) is 2.78.